The summed E-state index contributed by atoms with van der Waals surface area (Å²) < 4.78 is 5.56. The van der Waals surface area contributed by atoms with Crippen molar-refractivity contribution < 1.29 is 9.84 Å². The van der Waals surface area contributed by atoms with E-state index in [4.69, 9.17) is 4.74 Å². The molecule has 1 aromatic rings. The SMILES string of the molecule is CCc1ccc(CC(O)COC(C)(C)C)cc1. The maximum Gasteiger partial charge on any atom is 0.0814 e. The second-order valence-corrected chi connectivity index (χ2v) is 5.45. The summed E-state index contributed by atoms with van der Waals surface area (Å²) in [7, 11) is 0. The molecular formula is C15H24O2. The van der Waals surface area contributed by atoms with Crippen molar-refractivity contribution in [2.24, 2.45) is 0 Å². The van der Waals surface area contributed by atoms with E-state index in [1.165, 1.54) is 5.56 Å². The Morgan fingerprint density at radius 1 is 1.12 bits per heavy atom. The Morgan fingerprint density at radius 2 is 1.65 bits per heavy atom. The normalized spacial score (nSPS) is 13.7. The molecule has 0 saturated carbocycles. The van der Waals surface area contributed by atoms with Crippen LogP contribution in [0.5, 0.6) is 0 Å². The first kappa shape index (κ1) is 14.2. The summed E-state index contributed by atoms with van der Waals surface area (Å²) in [6.07, 6.45) is 1.28. The Hall–Kier alpha value is -0.860. The topological polar surface area (TPSA) is 29.5 Å². The van der Waals surface area contributed by atoms with Gasteiger partial charge in [-0.15, -0.1) is 0 Å². The van der Waals surface area contributed by atoms with Gasteiger partial charge in [0.25, 0.3) is 0 Å². The number of ether oxygens (including phenoxy) is 1. The van der Waals surface area contributed by atoms with E-state index in [1.54, 1.807) is 0 Å². The molecule has 0 spiro atoms. The van der Waals surface area contributed by atoms with Crippen molar-refractivity contribution in [1.29, 1.82) is 0 Å². The van der Waals surface area contributed by atoms with Gasteiger partial charge in [-0.25, -0.2) is 0 Å². The molecule has 0 heterocycles. The molecule has 17 heavy (non-hydrogen) atoms. The molecule has 1 atom stereocenters. The number of benzene rings is 1. The van der Waals surface area contributed by atoms with Gasteiger partial charge in [0.2, 0.25) is 0 Å². The van der Waals surface area contributed by atoms with Crippen molar-refractivity contribution >= 4 is 0 Å². The molecule has 2 heteroatoms. The average Bonchev–Trinajstić information content (AvgIpc) is 2.27. The van der Waals surface area contributed by atoms with E-state index in [0.717, 1.165) is 12.0 Å². The van der Waals surface area contributed by atoms with Crippen LogP contribution in [-0.4, -0.2) is 23.4 Å². The lowest BCUT2D eigenvalue weighted by molar-refractivity contribution is -0.0482. The van der Waals surface area contributed by atoms with E-state index in [-0.39, 0.29) is 5.60 Å². The molecule has 0 amide bonds. The molecule has 0 saturated heterocycles. The first-order valence-electron chi connectivity index (χ1n) is 6.30. The molecule has 96 valence electrons. The van der Waals surface area contributed by atoms with Gasteiger partial charge in [0.1, 0.15) is 0 Å². The lowest BCUT2D eigenvalue weighted by Gasteiger charge is -2.22. The molecule has 0 aromatic heterocycles. The molecule has 0 aliphatic rings. The minimum absolute atomic E-state index is 0.187. The Balaban J connectivity index is 2.42. The fraction of sp³-hybridized carbons (Fsp3) is 0.600. The number of hydrogen-bond donors (Lipinski definition) is 1. The zero-order valence-electron chi connectivity index (χ0n) is 11.4. The Kier molecular flexibility index (Phi) is 5.16. The summed E-state index contributed by atoms with van der Waals surface area (Å²) in [4.78, 5) is 0. The van der Waals surface area contributed by atoms with Gasteiger partial charge in [0, 0.05) is 6.42 Å². The molecule has 0 radical (unpaired) electrons. The van der Waals surface area contributed by atoms with Gasteiger partial charge in [0.15, 0.2) is 0 Å². The highest BCUT2D eigenvalue weighted by Gasteiger charge is 2.13. The number of aliphatic hydroxyl groups excluding tert-OH is 1. The zero-order valence-corrected chi connectivity index (χ0v) is 11.4. The van der Waals surface area contributed by atoms with Crippen LogP contribution in [0.15, 0.2) is 24.3 Å². The zero-order chi connectivity index (χ0) is 12.9. The number of hydrogen-bond acceptors (Lipinski definition) is 2. The van der Waals surface area contributed by atoms with Crippen LogP contribution in [0.1, 0.15) is 38.8 Å². The van der Waals surface area contributed by atoms with Crippen molar-refractivity contribution in [3.8, 4) is 0 Å². The highest BCUT2D eigenvalue weighted by molar-refractivity contribution is 5.22. The summed E-state index contributed by atoms with van der Waals surface area (Å²) in [5.74, 6) is 0. The number of rotatable bonds is 5. The van der Waals surface area contributed by atoms with Crippen LogP contribution in [0.3, 0.4) is 0 Å². The van der Waals surface area contributed by atoms with Gasteiger partial charge in [-0.3, -0.25) is 0 Å². The van der Waals surface area contributed by atoms with Crippen LogP contribution in [0.25, 0.3) is 0 Å². The summed E-state index contributed by atoms with van der Waals surface area (Å²) in [5.41, 5.74) is 2.30. The van der Waals surface area contributed by atoms with E-state index in [9.17, 15) is 5.11 Å². The van der Waals surface area contributed by atoms with Gasteiger partial charge in [-0.05, 0) is 38.3 Å². The van der Waals surface area contributed by atoms with Crippen molar-refractivity contribution in [2.75, 3.05) is 6.61 Å². The van der Waals surface area contributed by atoms with E-state index in [2.05, 4.69) is 31.2 Å². The summed E-state index contributed by atoms with van der Waals surface area (Å²) >= 11 is 0. The van der Waals surface area contributed by atoms with Gasteiger partial charge >= 0.3 is 0 Å². The van der Waals surface area contributed by atoms with Crippen LogP contribution in [0.2, 0.25) is 0 Å². The third-order valence-electron chi connectivity index (χ3n) is 2.61. The lowest BCUT2D eigenvalue weighted by Crippen LogP contribution is -2.27. The number of aryl methyl sites for hydroxylation is 1. The summed E-state index contributed by atoms with van der Waals surface area (Å²) in [6, 6.07) is 8.40. The molecule has 0 fully saturated rings. The van der Waals surface area contributed by atoms with Gasteiger partial charge in [0.05, 0.1) is 18.3 Å². The fourth-order valence-electron chi connectivity index (χ4n) is 1.59. The highest BCUT2D eigenvalue weighted by Crippen LogP contribution is 2.11. The molecule has 2 nitrogen and oxygen atoms in total. The van der Waals surface area contributed by atoms with E-state index >= 15 is 0 Å². The first-order valence-corrected chi connectivity index (χ1v) is 6.30. The third kappa shape index (κ3) is 5.85. The fourth-order valence-corrected chi connectivity index (χ4v) is 1.59. The van der Waals surface area contributed by atoms with E-state index < -0.39 is 6.10 Å². The van der Waals surface area contributed by atoms with Crippen LogP contribution in [0.4, 0.5) is 0 Å². The maximum absolute atomic E-state index is 9.87. The number of aliphatic hydroxyl groups is 1. The van der Waals surface area contributed by atoms with Crippen molar-refractivity contribution in [3.05, 3.63) is 35.4 Å². The van der Waals surface area contributed by atoms with Crippen molar-refractivity contribution in [2.45, 2.75) is 52.2 Å². The van der Waals surface area contributed by atoms with Crippen LogP contribution < -0.4 is 0 Å². The molecule has 0 aliphatic carbocycles. The Morgan fingerprint density at radius 3 is 2.12 bits per heavy atom. The molecule has 1 aromatic carbocycles. The lowest BCUT2D eigenvalue weighted by atomic mass is 10.0. The standard InChI is InChI=1S/C15H24O2/c1-5-12-6-8-13(9-7-12)10-14(16)11-17-15(2,3)4/h6-9,14,16H,5,10-11H2,1-4H3. The van der Waals surface area contributed by atoms with Gasteiger partial charge < -0.3 is 9.84 Å². The summed E-state index contributed by atoms with van der Waals surface area (Å²) in [6.45, 7) is 8.52. The Labute approximate surface area is 105 Å². The molecule has 0 bridgehead atoms. The highest BCUT2D eigenvalue weighted by atomic mass is 16.5. The van der Waals surface area contributed by atoms with Gasteiger partial charge in [-0.2, -0.15) is 0 Å². The molecule has 0 aliphatic heterocycles. The predicted octanol–water partition coefficient (Wildman–Crippen LogP) is 2.97. The second kappa shape index (κ2) is 6.18. The van der Waals surface area contributed by atoms with Crippen molar-refractivity contribution in [1.82, 2.24) is 0 Å². The second-order valence-electron chi connectivity index (χ2n) is 5.45. The molecular weight excluding hydrogens is 212 g/mol. The molecule has 1 unspecified atom stereocenters. The van der Waals surface area contributed by atoms with Gasteiger partial charge in [-0.1, -0.05) is 31.2 Å². The molecule has 1 rings (SSSR count). The van der Waals surface area contributed by atoms with E-state index in [0.29, 0.717) is 13.0 Å². The first-order chi connectivity index (χ1) is 7.90. The van der Waals surface area contributed by atoms with Crippen LogP contribution in [0, 0.1) is 0 Å². The predicted molar refractivity (Wildman–Crippen MR) is 71.2 cm³/mol. The monoisotopic (exact) mass is 236 g/mol. The minimum atomic E-state index is -0.429. The van der Waals surface area contributed by atoms with Crippen LogP contribution >= 0.6 is 0 Å². The van der Waals surface area contributed by atoms with Crippen molar-refractivity contribution in [3.63, 3.8) is 0 Å². The Bertz CT molecular complexity index is 322. The summed E-state index contributed by atoms with van der Waals surface area (Å²) in [5, 5.41) is 9.87. The smallest absolute Gasteiger partial charge is 0.0814 e. The maximum atomic E-state index is 9.87. The quantitative estimate of drug-likeness (QED) is 0.851. The van der Waals surface area contributed by atoms with Crippen LogP contribution in [-0.2, 0) is 17.6 Å². The average molecular weight is 236 g/mol. The van der Waals surface area contributed by atoms with E-state index in [1.807, 2.05) is 20.8 Å². The third-order valence-corrected chi connectivity index (χ3v) is 2.61. The largest absolute Gasteiger partial charge is 0.390 e. The minimum Gasteiger partial charge on any atom is -0.390 e. The molecule has 1 N–H and O–H groups in total.